The molecule has 2 aromatic carbocycles. The largest absolute Gasteiger partial charge is 0.321 e. The number of benzene rings is 2. The average molecular weight is 304 g/mol. The molecule has 0 spiro atoms. The number of carbonyl (C=O) groups is 1. The first kappa shape index (κ1) is 13.2. The number of hydrogen-bond acceptors (Lipinski definition) is 4. The maximum Gasteiger partial charge on any atom is 0.277 e. The van der Waals surface area contributed by atoms with Crippen LogP contribution in [-0.2, 0) is 0 Å². The van der Waals surface area contributed by atoms with Gasteiger partial charge in [-0.05, 0) is 30.3 Å². The lowest BCUT2D eigenvalue weighted by Crippen LogP contribution is -2.13. The number of aromatic nitrogens is 5. The van der Waals surface area contributed by atoms with E-state index < -0.39 is 0 Å². The first-order valence-corrected chi connectivity index (χ1v) is 7.02. The summed E-state index contributed by atoms with van der Waals surface area (Å²) in [6.45, 7) is 0. The summed E-state index contributed by atoms with van der Waals surface area (Å²) in [5, 5.41) is 18.9. The van der Waals surface area contributed by atoms with E-state index in [0.29, 0.717) is 5.69 Å². The Kier molecular flexibility index (Phi) is 3.09. The minimum atomic E-state index is -0.310. The maximum absolute atomic E-state index is 12.3. The van der Waals surface area contributed by atoms with Crippen LogP contribution in [-0.4, -0.2) is 31.1 Å². The number of aromatic amines is 1. The van der Waals surface area contributed by atoms with Crippen LogP contribution < -0.4 is 5.32 Å². The normalized spacial score (nSPS) is 10.8. The van der Waals surface area contributed by atoms with Gasteiger partial charge in [-0.1, -0.05) is 18.2 Å². The standard InChI is InChI=1S/C16H12N6O/c23-16(19-12-6-7-14-11(8-12)9-17-20-14)15-10-18-22(21-15)13-4-2-1-3-5-13/h1-10H,(H,17,20)(H,19,23). The number of nitrogens with one attached hydrogen (secondary N) is 2. The van der Waals surface area contributed by atoms with Gasteiger partial charge in [0.2, 0.25) is 0 Å². The quantitative estimate of drug-likeness (QED) is 0.608. The molecule has 23 heavy (non-hydrogen) atoms. The van der Waals surface area contributed by atoms with Gasteiger partial charge in [-0.25, -0.2) is 0 Å². The lowest BCUT2D eigenvalue weighted by molar-refractivity contribution is 0.102. The summed E-state index contributed by atoms with van der Waals surface area (Å²) >= 11 is 0. The third kappa shape index (κ3) is 2.55. The SMILES string of the molecule is O=C(Nc1ccc2[nH]ncc2c1)c1cnn(-c2ccccc2)n1. The van der Waals surface area contributed by atoms with Gasteiger partial charge in [0.15, 0.2) is 5.69 Å². The molecule has 7 nitrogen and oxygen atoms in total. The van der Waals surface area contributed by atoms with Crippen LogP contribution in [0.15, 0.2) is 60.9 Å². The summed E-state index contributed by atoms with van der Waals surface area (Å²) in [5.41, 5.74) is 2.64. The summed E-state index contributed by atoms with van der Waals surface area (Å²) in [6, 6.07) is 14.9. The van der Waals surface area contributed by atoms with E-state index in [1.54, 1.807) is 12.3 Å². The molecule has 0 fully saturated rings. The second kappa shape index (κ2) is 5.38. The number of carbonyl (C=O) groups excluding carboxylic acids is 1. The van der Waals surface area contributed by atoms with Crippen LogP contribution in [0.1, 0.15) is 10.5 Å². The lowest BCUT2D eigenvalue weighted by atomic mass is 10.2. The predicted octanol–water partition coefficient (Wildman–Crippen LogP) is 2.40. The van der Waals surface area contributed by atoms with Gasteiger partial charge in [-0.3, -0.25) is 9.89 Å². The van der Waals surface area contributed by atoms with Crippen LogP contribution in [0.25, 0.3) is 16.6 Å². The summed E-state index contributed by atoms with van der Waals surface area (Å²) in [7, 11) is 0. The highest BCUT2D eigenvalue weighted by molar-refractivity contribution is 6.03. The van der Waals surface area contributed by atoms with E-state index in [0.717, 1.165) is 16.6 Å². The molecule has 0 saturated heterocycles. The van der Waals surface area contributed by atoms with Crippen molar-refractivity contribution in [3.05, 3.63) is 66.6 Å². The molecule has 2 aromatic heterocycles. The van der Waals surface area contributed by atoms with Crippen LogP contribution in [0.4, 0.5) is 5.69 Å². The van der Waals surface area contributed by atoms with Gasteiger partial charge in [0, 0.05) is 11.1 Å². The van der Waals surface area contributed by atoms with Gasteiger partial charge in [0.25, 0.3) is 5.91 Å². The number of amides is 1. The van der Waals surface area contributed by atoms with Gasteiger partial charge in [-0.2, -0.15) is 15.0 Å². The van der Waals surface area contributed by atoms with Gasteiger partial charge in [0.1, 0.15) is 0 Å². The van der Waals surface area contributed by atoms with E-state index in [2.05, 4.69) is 25.7 Å². The monoisotopic (exact) mass is 304 g/mol. The summed E-state index contributed by atoms with van der Waals surface area (Å²) in [5.74, 6) is -0.310. The van der Waals surface area contributed by atoms with Gasteiger partial charge in [0.05, 0.1) is 23.6 Å². The Balaban J connectivity index is 1.56. The zero-order chi connectivity index (χ0) is 15.6. The first-order chi connectivity index (χ1) is 11.3. The Morgan fingerprint density at radius 3 is 2.83 bits per heavy atom. The van der Waals surface area contributed by atoms with Crippen molar-refractivity contribution in [1.82, 2.24) is 25.2 Å². The second-order valence-corrected chi connectivity index (χ2v) is 4.98. The van der Waals surface area contributed by atoms with E-state index in [-0.39, 0.29) is 11.6 Å². The Morgan fingerprint density at radius 1 is 1.09 bits per heavy atom. The molecule has 7 heteroatoms. The topological polar surface area (TPSA) is 88.5 Å². The fraction of sp³-hybridized carbons (Fsp3) is 0. The van der Waals surface area contributed by atoms with Gasteiger partial charge >= 0.3 is 0 Å². The highest BCUT2D eigenvalue weighted by Gasteiger charge is 2.12. The molecule has 0 aliphatic rings. The molecule has 112 valence electrons. The maximum atomic E-state index is 12.3. The molecule has 0 bridgehead atoms. The first-order valence-electron chi connectivity index (χ1n) is 7.02. The van der Waals surface area contributed by atoms with Crippen molar-refractivity contribution in [2.75, 3.05) is 5.32 Å². The Bertz CT molecular complexity index is 972. The third-order valence-corrected chi connectivity index (χ3v) is 3.41. The molecular weight excluding hydrogens is 292 g/mol. The Hall–Kier alpha value is -3.48. The molecule has 0 saturated carbocycles. The number of anilines is 1. The summed E-state index contributed by atoms with van der Waals surface area (Å²) in [6.07, 6.45) is 3.15. The fourth-order valence-electron chi connectivity index (χ4n) is 2.27. The molecular formula is C16H12N6O. The van der Waals surface area contributed by atoms with Crippen molar-refractivity contribution < 1.29 is 4.79 Å². The van der Waals surface area contributed by atoms with Crippen molar-refractivity contribution in [2.24, 2.45) is 0 Å². The molecule has 2 N–H and O–H groups in total. The van der Waals surface area contributed by atoms with Crippen molar-refractivity contribution in [2.45, 2.75) is 0 Å². The minimum Gasteiger partial charge on any atom is -0.321 e. The average Bonchev–Trinajstić information content (AvgIpc) is 3.24. The fourth-order valence-corrected chi connectivity index (χ4v) is 2.27. The molecule has 1 amide bonds. The zero-order valence-corrected chi connectivity index (χ0v) is 12.0. The molecule has 0 aliphatic heterocycles. The number of rotatable bonds is 3. The molecule has 0 unspecified atom stereocenters. The highest BCUT2D eigenvalue weighted by Crippen LogP contribution is 2.17. The Labute approximate surface area is 130 Å². The number of H-pyrrole nitrogens is 1. The molecule has 4 rings (SSSR count). The molecule has 2 heterocycles. The second-order valence-electron chi connectivity index (χ2n) is 4.98. The van der Waals surface area contributed by atoms with Crippen molar-refractivity contribution in [1.29, 1.82) is 0 Å². The van der Waals surface area contributed by atoms with Crippen LogP contribution >= 0.6 is 0 Å². The van der Waals surface area contributed by atoms with Crippen LogP contribution in [0.3, 0.4) is 0 Å². The number of nitrogens with zero attached hydrogens (tertiary/aromatic N) is 4. The van der Waals surface area contributed by atoms with Gasteiger partial charge in [-0.15, -0.1) is 5.10 Å². The lowest BCUT2D eigenvalue weighted by Gasteiger charge is -2.02. The van der Waals surface area contributed by atoms with E-state index in [4.69, 9.17) is 0 Å². The molecule has 0 aliphatic carbocycles. The zero-order valence-electron chi connectivity index (χ0n) is 12.0. The number of hydrogen-bond donors (Lipinski definition) is 2. The molecule has 0 radical (unpaired) electrons. The summed E-state index contributed by atoms with van der Waals surface area (Å²) in [4.78, 5) is 13.7. The third-order valence-electron chi connectivity index (χ3n) is 3.41. The van der Waals surface area contributed by atoms with Crippen molar-refractivity contribution in [3.63, 3.8) is 0 Å². The molecule has 0 atom stereocenters. The van der Waals surface area contributed by atoms with E-state index in [1.807, 2.05) is 42.5 Å². The van der Waals surface area contributed by atoms with Crippen molar-refractivity contribution in [3.8, 4) is 5.69 Å². The van der Waals surface area contributed by atoms with Crippen LogP contribution in [0.2, 0.25) is 0 Å². The van der Waals surface area contributed by atoms with Crippen LogP contribution in [0.5, 0.6) is 0 Å². The van der Waals surface area contributed by atoms with Crippen molar-refractivity contribution >= 4 is 22.5 Å². The summed E-state index contributed by atoms with van der Waals surface area (Å²) < 4.78 is 0. The smallest absolute Gasteiger partial charge is 0.277 e. The van der Waals surface area contributed by atoms with E-state index in [1.165, 1.54) is 11.0 Å². The van der Waals surface area contributed by atoms with Crippen LogP contribution in [0, 0.1) is 0 Å². The highest BCUT2D eigenvalue weighted by atomic mass is 16.2. The Morgan fingerprint density at radius 2 is 1.96 bits per heavy atom. The minimum absolute atomic E-state index is 0.251. The number of para-hydroxylation sites is 1. The van der Waals surface area contributed by atoms with E-state index >= 15 is 0 Å². The van der Waals surface area contributed by atoms with Gasteiger partial charge < -0.3 is 5.32 Å². The predicted molar refractivity (Wildman–Crippen MR) is 85.4 cm³/mol. The van der Waals surface area contributed by atoms with E-state index in [9.17, 15) is 4.79 Å². The molecule has 4 aromatic rings. The number of fused-ring (bicyclic) bond motifs is 1.